The summed E-state index contributed by atoms with van der Waals surface area (Å²) in [5.41, 5.74) is 2.39. The molecule has 0 bridgehead atoms. The Morgan fingerprint density at radius 2 is 1.51 bits per heavy atom. The third-order valence-electron chi connectivity index (χ3n) is 5.88. The summed E-state index contributed by atoms with van der Waals surface area (Å²) < 4.78 is 28.1. The molecule has 1 unspecified atom stereocenters. The maximum absolute atomic E-state index is 13.6. The quantitative estimate of drug-likeness (QED) is 0.249. The maximum Gasteiger partial charge on any atom is 0.271 e. The van der Waals surface area contributed by atoms with E-state index in [0.717, 1.165) is 27.1 Å². The first-order valence-corrected chi connectivity index (χ1v) is 12.9. The summed E-state index contributed by atoms with van der Waals surface area (Å²) in [5.74, 6) is -0.567. The fourth-order valence-corrected chi connectivity index (χ4v) is 5.46. The molecule has 0 radical (unpaired) electrons. The first-order chi connectivity index (χ1) is 17.8. The molecule has 37 heavy (non-hydrogen) atoms. The van der Waals surface area contributed by atoms with Crippen molar-refractivity contribution in [3.05, 3.63) is 136 Å². The van der Waals surface area contributed by atoms with E-state index in [1.54, 1.807) is 18.2 Å². The van der Waals surface area contributed by atoms with Crippen LogP contribution in [0.5, 0.6) is 0 Å². The van der Waals surface area contributed by atoms with Crippen molar-refractivity contribution in [1.82, 2.24) is 5.32 Å². The van der Waals surface area contributed by atoms with Crippen LogP contribution in [0.15, 0.2) is 114 Å². The van der Waals surface area contributed by atoms with E-state index in [-0.39, 0.29) is 16.3 Å². The van der Waals surface area contributed by atoms with Crippen LogP contribution in [0, 0.1) is 17.0 Å². The number of nitro benzene ring substituents is 1. The van der Waals surface area contributed by atoms with Gasteiger partial charge in [0.2, 0.25) is 5.91 Å². The molecule has 0 saturated carbocycles. The normalized spacial score (nSPS) is 11.9. The summed E-state index contributed by atoms with van der Waals surface area (Å²) in [6.07, 6.45) is 0. The highest BCUT2D eigenvalue weighted by molar-refractivity contribution is 7.92. The van der Waals surface area contributed by atoms with Gasteiger partial charge in [0.15, 0.2) is 0 Å². The van der Waals surface area contributed by atoms with Gasteiger partial charge in [-0.25, -0.2) is 8.42 Å². The minimum atomic E-state index is -4.21. The van der Waals surface area contributed by atoms with Gasteiger partial charge in [0.25, 0.3) is 15.7 Å². The molecule has 0 heterocycles. The van der Waals surface area contributed by atoms with Crippen LogP contribution in [0.2, 0.25) is 0 Å². The van der Waals surface area contributed by atoms with Gasteiger partial charge in [-0.05, 0) is 41.8 Å². The van der Waals surface area contributed by atoms with E-state index < -0.39 is 33.4 Å². The van der Waals surface area contributed by atoms with Crippen molar-refractivity contribution < 1.29 is 18.1 Å². The molecule has 0 aliphatic rings. The summed E-state index contributed by atoms with van der Waals surface area (Å²) in [6, 6.07) is 29.3. The Labute approximate surface area is 215 Å². The standard InChI is InChI=1S/C28H25N3O5S/c1-21-11-8-9-18-26(21)28(22-12-4-2-5-13-22)29-27(32)20-30(23-14-10-15-24(19-23)31(33)34)37(35,36)25-16-6-3-7-17-25/h2-19,28H,20H2,1H3,(H,29,32). The van der Waals surface area contributed by atoms with Gasteiger partial charge in [-0.2, -0.15) is 0 Å². The topological polar surface area (TPSA) is 110 Å². The van der Waals surface area contributed by atoms with Gasteiger partial charge in [0.1, 0.15) is 6.54 Å². The lowest BCUT2D eigenvalue weighted by atomic mass is 9.95. The number of hydrogen-bond donors (Lipinski definition) is 1. The average Bonchev–Trinajstić information content (AvgIpc) is 2.92. The first-order valence-electron chi connectivity index (χ1n) is 11.5. The molecule has 0 aromatic heterocycles. The van der Waals surface area contributed by atoms with Crippen LogP contribution in [0.4, 0.5) is 11.4 Å². The van der Waals surface area contributed by atoms with Crippen LogP contribution in [0.25, 0.3) is 0 Å². The van der Waals surface area contributed by atoms with Gasteiger partial charge < -0.3 is 5.32 Å². The second kappa shape index (κ2) is 11.0. The zero-order valence-corrected chi connectivity index (χ0v) is 20.8. The summed E-state index contributed by atoms with van der Waals surface area (Å²) in [4.78, 5) is 24.2. The van der Waals surface area contributed by atoms with E-state index in [1.807, 2.05) is 61.5 Å². The molecule has 1 amide bonds. The molecule has 8 nitrogen and oxygen atoms in total. The summed E-state index contributed by atoms with van der Waals surface area (Å²) >= 11 is 0. The number of nitro groups is 1. The van der Waals surface area contributed by atoms with Crippen molar-refractivity contribution in [1.29, 1.82) is 0 Å². The van der Waals surface area contributed by atoms with Crippen LogP contribution >= 0.6 is 0 Å². The van der Waals surface area contributed by atoms with Crippen molar-refractivity contribution in [3.63, 3.8) is 0 Å². The van der Waals surface area contributed by atoms with Crippen LogP contribution < -0.4 is 9.62 Å². The second-order valence-corrected chi connectivity index (χ2v) is 10.2. The predicted octanol–water partition coefficient (Wildman–Crippen LogP) is 5.00. The molecule has 4 aromatic carbocycles. The smallest absolute Gasteiger partial charge is 0.271 e. The fraction of sp³-hybridized carbons (Fsp3) is 0.107. The van der Waals surface area contributed by atoms with Crippen LogP contribution in [0.1, 0.15) is 22.7 Å². The Kier molecular flexibility index (Phi) is 7.64. The number of benzene rings is 4. The van der Waals surface area contributed by atoms with E-state index in [4.69, 9.17) is 0 Å². The Balaban J connectivity index is 1.72. The third-order valence-corrected chi connectivity index (χ3v) is 7.67. The Bertz CT molecular complexity index is 1510. The molecule has 0 fully saturated rings. The molecule has 4 rings (SSSR count). The zero-order valence-electron chi connectivity index (χ0n) is 20.0. The minimum Gasteiger partial charge on any atom is -0.344 e. The van der Waals surface area contributed by atoms with E-state index in [1.165, 1.54) is 30.3 Å². The highest BCUT2D eigenvalue weighted by Gasteiger charge is 2.29. The Morgan fingerprint density at radius 1 is 0.892 bits per heavy atom. The van der Waals surface area contributed by atoms with Crippen molar-refractivity contribution in [2.75, 3.05) is 10.8 Å². The van der Waals surface area contributed by atoms with Crippen LogP contribution in [0.3, 0.4) is 0 Å². The molecule has 0 saturated heterocycles. The molecule has 0 aliphatic heterocycles. The highest BCUT2D eigenvalue weighted by Crippen LogP contribution is 2.28. The van der Waals surface area contributed by atoms with Crippen molar-refractivity contribution in [3.8, 4) is 0 Å². The average molecular weight is 516 g/mol. The zero-order chi connectivity index (χ0) is 26.4. The van der Waals surface area contributed by atoms with Crippen molar-refractivity contribution in [2.45, 2.75) is 17.9 Å². The largest absolute Gasteiger partial charge is 0.344 e. The monoisotopic (exact) mass is 515 g/mol. The SMILES string of the molecule is Cc1ccccc1C(NC(=O)CN(c1cccc([N+](=O)[O-])c1)S(=O)(=O)c1ccccc1)c1ccccc1. The predicted molar refractivity (Wildman–Crippen MR) is 142 cm³/mol. The molecule has 0 spiro atoms. The van der Waals surface area contributed by atoms with Crippen molar-refractivity contribution in [2.24, 2.45) is 0 Å². The molecule has 1 N–H and O–H groups in total. The molecular weight excluding hydrogens is 490 g/mol. The maximum atomic E-state index is 13.6. The van der Waals surface area contributed by atoms with Gasteiger partial charge in [-0.15, -0.1) is 0 Å². The number of rotatable bonds is 9. The number of nitrogens with zero attached hydrogens (tertiary/aromatic N) is 2. The Morgan fingerprint density at radius 3 is 2.16 bits per heavy atom. The number of carbonyl (C=O) groups excluding carboxylic acids is 1. The number of sulfonamides is 1. The van der Waals surface area contributed by atoms with Crippen LogP contribution in [-0.2, 0) is 14.8 Å². The van der Waals surface area contributed by atoms with E-state index >= 15 is 0 Å². The van der Waals surface area contributed by atoms with E-state index in [0.29, 0.717) is 0 Å². The molecule has 9 heteroatoms. The number of carbonyl (C=O) groups is 1. The lowest BCUT2D eigenvalue weighted by Gasteiger charge is -2.26. The summed E-state index contributed by atoms with van der Waals surface area (Å²) in [7, 11) is -4.21. The van der Waals surface area contributed by atoms with Crippen LogP contribution in [-0.4, -0.2) is 25.8 Å². The minimum absolute atomic E-state index is 0.0142. The fourth-order valence-electron chi connectivity index (χ4n) is 4.03. The number of hydrogen-bond acceptors (Lipinski definition) is 5. The van der Waals surface area contributed by atoms with Gasteiger partial charge in [0.05, 0.1) is 21.5 Å². The van der Waals surface area contributed by atoms with Gasteiger partial charge >= 0.3 is 0 Å². The van der Waals surface area contributed by atoms with Gasteiger partial charge in [-0.3, -0.25) is 19.2 Å². The van der Waals surface area contributed by atoms with Gasteiger partial charge in [0, 0.05) is 12.1 Å². The lowest BCUT2D eigenvalue weighted by molar-refractivity contribution is -0.384. The van der Waals surface area contributed by atoms with Crippen molar-refractivity contribution >= 4 is 27.3 Å². The second-order valence-electron chi connectivity index (χ2n) is 8.37. The number of non-ortho nitro benzene ring substituents is 1. The number of nitrogens with one attached hydrogen (secondary N) is 1. The number of amides is 1. The summed E-state index contributed by atoms with van der Waals surface area (Å²) in [5, 5.41) is 14.3. The first kappa shape index (κ1) is 25.6. The van der Waals surface area contributed by atoms with Gasteiger partial charge in [-0.1, -0.05) is 78.9 Å². The number of aryl methyl sites for hydroxylation is 1. The highest BCUT2D eigenvalue weighted by atomic mass is 32.2. The molecular formula is C28H25N3O5S. The molecule has 188 valence electrons. The lowest BCUT2D eigenvalue weighted by Crippen LogP contribution is -2.42. The number of anilines is 1. The molecule has 0 aliphatic carbocycles. The molecule has 4 aromatic rings. The third kappa shape index (κ3) is 5.84. The molecule has 1 atom stereocenters. The van der Waals surface area contributed by atoms with E-state index in [2.05, 4.69) is 5.32 Å². The Hall–Kier alpha value is -4.50. The summed E-state index contributed by atoms with van der Waals surface area (Å²) in [6.45, 7) is 1.36. The van der Waals surface area contributed by atoms with E-state index in [9.17, 15) is 23.3 Å².